The monoisotopic (exact) mass is 381 g/mol. The molecule has 3 aromatic rings. The zero-order valence-electron chi connectivity index (χ0n) is 14.7. The molecule has 0 saturated carbocycles. The van der Waals surface area contributed by atoms with Crippen LogP contribution in [0.15, 0.2) is 84.9 Å². The van der Waals surface area contributed by atoms with Gasteiger partial charge in [-0.3, -0.25) is 4.79 Å². The Balaban J connectivity index is 1.64. The first-order chi connectivity index (χ1) is 13.6. The fourth-order valence-corrected chi connectivity index (χ4v) is 2.38. The third kappa shape index (κ3) is 5.67. The molecule has 0 radical (unpaired) electrons. The van der Waals surface area contributed by atoms with Gasteiger partial charge in [-0.1, -0.05) is 42.5 Å². The number of benzene rings is 3. The van der Waals surface area contributed by atoms with Crippen molar-refractivity contribution in [2.75, 3.05) is 5.32 Å². The first-order valence-electron chi connectivity index (χ1n) is 8.46. The molecule has 3 rings (SSSR count). The summed E-state index contributed by atoms with van der Waals surface area (Å²) < 4.78 is 34.4. The lowest BCUT2D eigenvalue weighted by Crippen LogP contribution is -2.08. The van der Waals surface area contributed by atoms with Crippen LogP contribution in [-0.2, 0) is 4.79 Å². The van der Waals surface area contributed by atoms with Crippen LogP contribution in [0.25, 0.3) is 6.08 Å². The van der Waals surface area contributed by atoms with Gasteiger partial charge in [-0.05, 0) is 48.0 Å². The van der Waals surface area contributed by atoms with Crippen LogP contribution in [0.2, 0.25) is 0 Å². The third-order valence-electron chi connectivity index (χ3n) is 3.65. The largest absolute Gasteiger partial charge is 0.455 e. The van der Waals surface area contributed by atoms with E-state index in [4.69, 9.17) is 4.74 Å². The lowest BCUT2D eigenvalue weighted by molar-refractivity contribution is -0.111. The Labute approximate surface area is 161 Å². The number of carbonyl (C=O) groups excluding carboxylic acids is 1. The Morgan fingerprint density at radius 1 is 0.857 bits per heavy atom. The van der Waals surface area contributed by atoms with E-state index in [1.54, 1.807) is 36.4 Å². The van der Waals surface area contributed by atoms with E-state index >= 15 is 0 Å². The number of ether oxygens (including phenoxy) is 2. The van der Waals surface area contributed by atoms with Crippen molar-refractivity contribution in [2.45, 2.75) is 6.61 Å². The molecule has 1 amide bonds. The Morgan fingerprint density at radius 2 is 1.54 bits per heavy atom. The van der Waals surface area contributed by atoms with E-state index in [0.29, 0.717) is 22.7 Å². The molecule has 0 bridgehead atoms. The summed E-state index contributed by atoms with van der Waals surface area (Å²) in [6.07, 6.45) is 2.92. The number of nitrogens with one attached hydrogen (secondary N) is 1. The summed E-state index contributed by atoms with van der Waals surface area (Å²) in [5.41, 5.74) is 1.20. The number of hydrogen-bond donors (Lipinski definition) is 1. The van der Waals surface area contributed by atoms with Gasteiger partial charge in [0.1, 0.15) is 11.5 Å². The van der Waals surface area contributed by atoms with Crippen LogP contribution in [0, 0.1) is 0 Å². The number of halogens is 2. The average molecular weight is 381 g/mol. The molecule has 142 valence electrons. The van der Waals surface area contributed by atoms with Crippen molar-refractivity contribution in [3.05, 3.63) is 90.5 Å². The van der Waals surface area contributed by atoms with Crippen molar-refractivity contribution in [3.8, 4) is 17.2 Å². The van der Waals surface area contributed by atoms with E-state index in [1.165, 1.54) is 18.2 Å². The Bertz CT molecular complexity index is 942. The molecule has 0 spiro atoms. The van der Waals surface area contributed by atoms with Gasteiger partial charge in [0, 0.05) is 6.08 Å². The lowest BCUT2D eigenvalue weighted by atomic mass is 10.2. The Hall–Kier alpha value is -3.67. The van der Waals surface area contributed by atoms with Gasteiger partial charge in [0.25, 0.3) is 0 Å². The summed E-state index contributed by atoms with van der Waals surface area (Å²) >= 11 is 0. The molecule has 6 heteroatoms. The topological polar surface area (TPSA) is 47.6 Å². The van der Waals surface area contributed by atoms with E-state index in [9.17, 15) is 13.6 Å². The highest BCUT2D eigenvalue weighted by atomic mass is 19.3. The number of carbonyl (C=O) groups is 1. The van der Waals surface area contributed by atoms with Crippen molar-refractivity contribution in [1.29, 1.82) is 0 Å². The maximum Gasteiger partial charge on any atom is 0.387 e. The predicted octanol–water partition coefficient (Wildman–Crippen LogP) is 5.73. The highest BCUT2D eigenvalue weighted by molar-refractivity contribution is 6.02. The van der Waals surface area contributed by atoms with E-state index in [1.807, 2.05) is 36.4 Å². The highest BCUT2D eigenvalue weighted by Crippen LogP contribution is 2.29. The van der Waals surface area contributed by atoms with E-state index in [-0.39, 0.29) is 11.7 Å². The number of rotatable bonds is 7. The lowest BCUT2D eigenvalue weighted by Gasteiger charge is -2.11. The molecule has 0 aromatic heterocycles. The summed E-state index contributed by atoms with van der Waals surface area (Å²) in [5.74, 6) is 0.885. The minimum Gasteiger partial charge on any atom is -0.455 e. The number of para-hydroxylation sites is 3. The van der Waals surface area contributed by atoms with Crippen LogP contribution in [0.5, 0.6) is 17.2 Å². The zero-order valence-corrected chi connectivity index (χ0v) is 14.7. The number of amides is 1. The number of anilines is 1. The minimum absolute atomic E-state index is 0.0589. The molecular weight excluding hydrogens is 364 g/mol. The molecule has 3 aromatic carbocycles. The van der Waals surface area contributed by atoms with Crippen molar-refractivity contribution in [2.24, 2.45) is 0 Å². The van der Waals surface area contributed by atoms with Crippen LogP contribution in [0.1, 0.15) is 5.56 Å². The molecule has 0 aliphatic heterocycles. The first-order valence-corrected chi connectivity index (χ1v) is 8.46. The van der Waals surface area contributed by atoms with Gasteiger partial charge in [-0.2, -0.15) is 8.78 Å². The van der Waals surface area contributed by atoms with Gasteiger partial charge in [0.2, 0.25) is 5.91 Å². The molecule has 4 nitrogen and oxygen atoms in total. The van der Waals surface area contributed by atoms with Gasteiger partial charge in [0.05, 0.1) is 5.69 Å². The maximum atomic E-state index is 12.2. The summed E-state index contributed by atoms with van der Waals surface area (Å²) in [6.45, 7) is -2.87. The van der Waals surface area contributed by atoms with Gasteiger partial charge in [-0.15, -0.1) is 0 Å². The van der Waals surface area contributed by atoms with Crippen molar-refractivity contribution < 1.29 is 23.0 Å². The van der Waals surface area contributed by atoms with E-state index < -0.39 is 6.61 Å². The van der Waals surface area contributed by atoms with Crippen LogP contribution >= 0.6 is 0 Å². The van der Waals surface area contributed by atoms with E-state index in [0.717, 1.165) is 0 Å². The molecule has 28 heavy (non-hydrogen) atoms. The summed E-state index contributed by atoms with van der Waals surface area (Å²) in [4.78, 5) is 12.2. The molecule has 0 fully saturated rings. The number of alkyl halides is 2. The standard InChI is InChI=1S/C22H17F2NO3/c23-22(24)28-18-13-10-16(11-14-18)12-15-21(26)25-19-8-4-5-9-20(19)27-17-6-2-1-3-7-17/h1-15,22H,(H,25,26)/b15-12+. The van der Waals surface area contributed by atoms with Gasteiger partial charge in [0.15, 0.2) is 5.75 Å². The maximum absolute atomic E-state index is 12.2. The number of hydrogen-bond acceptors (Lipinski definition) is 3. The summed E-state index contributed by atoms with van der Waals surface area (Å²) in [7, 11) is 0. The Morgan fingerprint density at radius 3 is 2.25 bits per heavy atom. The third-order valence-corrected chi connectivity index (χ3v) is 3.65. The average Bonchev–Trinajstić information content (AvgIpc) is 2.69. The van der Waals surface area contributed by atoms with Crippen LogP contribution in [-0.4, -0.2) is 12.5 Å². The fourth-order valence-electron chi connectivity index (χ4n) is 2.38. The second-order valence-corrected chi connectivity index (χ2v) is 5.68. The molecule has 0 aliphatic carbocycles. The quantitative estimate of drug-likeness (QED) is 0.532. The SMILES string of the molecule is O=C(/C=C/c1ccc(OC(F)F)cc1)Nc1ccccc1Oc1ccccc1. The Kier molecular flexibility index (Phi) is 6.36. The van der Waals surface area contributed by atoms with Crippen molar-refractivity contribution in [1.82, 2.24) is 0 Å². The normalized spacial score (nSPS) is 10.8. The van der Waals surface area contributed by atoms with E-state index in [2.05, 4.69) is 10.1 Å². The molecule has 1 N–H and O–H groups in total. The van der Waals surface area contributed by atoms with Crippen LogP contribution < -0.4 is 14.8 Å². The van der Waals surface area contributed by atoms with Crippen LogP contribution in [0.3, 0.4) is 0 Å². The van der Waals surface area contributed by atoms with Crippen molar-refractivity contribution >= 4 is 17.7 Å². The van der Waals surface area contributed by atoms with Gasteiger partial charge < -0.3 is 14.8 Å². The first kappa shape index (κ1) is 19.1. The highest BCUT2D eigenvalue weighted by Gasteiger charge is 2.07. The summed E-state index contributed by atoms with van der Waals surface area (Å²) in [6, 6.07) is 22.3. The molecule has 0 aliphatic rings. The minimum atomic E-state index is -2.87. The smallest absolute Gasteiger partial charge is 0.387 e. The second kappa shape index (κ2) is 9.32. The van der Waals surface area contributed by atoms with Gasteiger partial charge >= 0.3 is 6.61 Å². The molecule has 0 unspecified atom stereocenters. The fraction of sp³-hybridized carbons (Fsp3) is 0.0455. The molecule has 0 heterocycles. The predicted molar refractivity (Wildman–Crippen MR) is 104 cm³/mol. The summed E-state index contributed by atoms with van der Waals surface area (Å²) in [5, 5.41) is 2.76. The van der Waals surface area contributed by atoms with Crippen molar-refractivity contribution in [3.63, 3.8) is 0 Å². The van der Waals surface area contributed by atoms with Crippen LogP contribution in [0.4, 0.5) is 14.5 Å². The molecular formula is C22H17F2NO3. The zero-order chi connectivity index (χ0) is 19.8. The molecule has 0 saturated heterocycles. The second-order valence-electron chi connectivity index (χ2n) is 5.68. The van der Waals surface area contributed by atoms with Gasteiger partial charge in [-0.25, -0.2) is 0 Å². The molecule has 0 atom stereocenters.